The van der Waals surface area contributed by atoms with E-state index in [0.29, 0.717) is 16.5 Å². The van der Waals surface area contributed by atoms with Gasteiger partial charge in [-0.1, -0.05) is 12.1 Å². The molecule has 2 rings (SSSR count). The highest BCUT2D eigenvalue weighted by Gasteiger charge is 2.19. The molecular formula is C13H19N3O3S2. The Hall–Kier alpha value is -1.22. The third kappa shape index (κ3) is 4.13. The summed E-state index contributed by atoms with van der Waals surface area (Å²) in [4.78, 5) is 1.03. The third-order valence-electron chi connectivity index (χ3n) is 2.91. The van der Waals surface area contributed by atoms with Crippen LogP contribution in [0.4, 0.5) is 0 Å². The topological polar surface area (TPSA) is 84.2 Å². The molecule has 0 aliphatic heterocycles. The van der Waals surface area contributed by atoms with Crippen LogP contribution in [0.3, 0.4) is 0 Å². The van der Waals surface area contributed by atoms with Crippen LogP contribution in [-0.4, -0.2) is 20.1 Å². The SMILES string of the molecule is CCNCc1sc(S(=O)(=O)NCc2cc(C)no2)cc1C. The molecule has 2 aromatic rings. The first-order chi connectivity index (χ1) is 9.92. The molecule has 116 valence electrons. The number of thiophene rings is 1. The van der Waals surface area contributed by atoms with Gasteiger partial charge in [-0.15, -0.1) is 11.3 Å². The van der Waals surface area contributed by atoms with Gasteiger partial charge in [-0.3, -0.25) is 0 Å². The number of hydrogen-bond acceptors (Lipinski definition) is 6. The van der Waals surface area contributed by atoms with Crippen molar-refractivity contribution in [2.45, 2.75) is 38.1 Å². The van der Waals surface area contributed by atoms with Crippen LogP contribution in [-0.2, 0) is 23.1 Å². The van der Waals surface area contributed by atoms with Gasteiger partial charge in [-0.2, -0.15) is 0 Å². The summed E-state index contributed by atoms with van der Waals surface area (Å²) in [6.07, 6.45) is 0. The van der Waals surface area contributed by atoms with Gasteiger partial charge in [0.25, 0.3) is 0 Å². The first-order valence-electron chi connectivity index (χ1n) is 6.64. The Labute approximate surface area is 128 Å². The molecule has 0 saturated carbocycles. The maximum atomic E-state index is 12.3. The van der Waals surface area contributed by atoms with E-state index in [1.807, 2.05) is 13.8 Å². The molecule has 0 bridgehead atoms. The van der Waals surface area contributed by atoms with Gasteiger partial charge < -0.3 is 9.84 Å². The first-order valence-corrected chi connectivity index (χ1v) is 8.94. The zero-order valence-corrected chi connectivity index (χ0v) is 13.9. The fourth-order valence-electron chi connectivity index (χ4n) is 1.77. The highest BCUT2D eigenvalue weighted by molar-refractivity contribution is 7.91. The predicted molar refractivity (Wildman–Crippen MR) is 81.7 cm³/mol. The molecule has 0 saturated heterocycles. The summed E-state index contributed by atoms with van der Waals surface area (Å²) in [7, 11) is -3.52. The molecule has 0 unspecified atom stereocenters. The fourth-order valence-corrected chi connectivity index (χ4v) is 4.37. The first kappa shape index (κ1) is 16.2. The van der Waals surface area contributed by atoms with Gasteiger partial charge in [-0.25, -0.2) is 13.1 Å². The van der Waals surface area contributed by atoms with Crippen molar-refractivity contribution < 1.29 is 12.9 Å². The van der Waals surface area contributed by atoms with Gasteiger partial charge in [-0.05, 0) is 32.0 Å². The average Bonchev–Trinajstić information content (AvgIpc) is 3.01. The van der Waals surface area contributed by atoms with E-state index in [0.717, 1.165) is 22.7 Å². The van der Waals surface area contributed by atoms with Gasteiger partial charge in [0.15, 0.2) is 5.76 Å². The highest BCUT2D eigenvalue weighted by Crippen LogP contribution is 2.26. The summed E-state index contributed by atoms with van der Waals surface area (Å²) in [5.74, 6) is 0.497. The molecule has 2 aromatic heterocycles. The van der Waals surface area contributed by atoms with Gasteiger partial charge in [0.1, 0.15) is 4.21 Å². The summed E-state index contributed by atoms with van der Waals surface area (Å²) in [5.41, 5.74) is 1.71. The molecule has 0 radical (unpaired) electrons. The van der Waals surface area contributed by atoms with E-state index < -0.39 is 10.0 Å². The second-order valence-electron chi connectivity index (χ2n) is 4.71. The number of nitrogens with one attached hydrogen (secondary N) is 2. The molecule has 0 atom stereocenters. The molecule has 8 heteroatoms. The number of nitrogens with zero attached hydrogens (tertiary/aromatic N) is 1. The lowest BCUT2D eigenvalue weighted by molar-refractivity contribution is 0.377. The van der Waals surface area contributed by atoms with Gasteiger partial charge >= 0.3 is 0 Å². The zero-order chi connectivity index (χ0) is 15.5. The lowest BCUT2D eigenvalue weighted by Gasteiger charge is -2.02. The third-order valence-corrected chi connectivity index (χ3v) is 6.02. The van der Waals surface area contributed by atoms with Crippen LogP contribution in [0.5, 0.6) is 0 Å². The molecule has 0 aliphatic carbocycles. The Morgan fingerprint density at radius 2 is 2.05 bits per heavy atom. The summed E-state index contributed by atoms with van der Waals surface area (Å²) in [6, 6.07) is 3.41. The number of aromatic nitrogens is 1. The van der Waals surface area contributed by atoms with E-state index in [1.54, 1.807) is 19.1 Å². The summed E-state index contributed by atoms with van der Waals surface area (Å²) >= 11 is 1.29. The summed E-state index contributed by atoms with van der Waals surface area (Å²) in [5, 5.41) is 6.93. The Kier molecular flexibility index (Phi) is 5.15. The average molecular weight is 329 g/mol. The molecule has 2 N–H and O–H groups in total. The molecule has 0 spiro atoms. The van der Waals surface area contributed by atoms with Crippen molar-refractivity contribution in [2.75, 3.05) is 6.54 Å². The van der Waals surface area contributed by atoms with E-state index in [1.165, 1.54) is 11.3 Å². The summed E-state index contributed by atoms with van der Waals surface area (Å²) in [6.45, 7) is 7.36. The molecule has 0 aromatic carbocycles. The Balaban J connectivity index is 2.08. The fraction of sp³-hybridized carbons (Fsp3) is 0.462. The minimum absolute atomic E-state index is 0.0999. The van der Waals surface area contributed by atoms with Crippen molar-refractivity contribution >= 4 is 21.4 Å². The molecule has 0 amide bonds. The lowest BCUT2D eigenvalue weighted by atomic mass is 10.3. The van der Waals surface area contributed by atoms with Gasteiger partial charge in [0, 0.05) is 17.5 Å². The van der Waals surface area contributed by atoms with E-state index in [4.69, 9.17) is 4.52 Å². The maximum absolute atomic E-state index is 12.3. The number of rotatable bonds is 7. The van der Waals surface area contributed by atoms with Crippen molar-refractivity contribution in [3.63, 3.8) is 0 Å². The van der Waals surface area contributed by atoms with Crippen LogP contribution in [0, 0.1) is 13.8 Å². The molecule has 0 aliphatic rings. The van der Waals surface area contributed by atoms with Crippen LogP contribution >= 0.6 is 11.3 Å². The predicted octanol–water partition coefficient (Wildman–Crippen LogP) is 1.94. The largest absolute Gasteiger partial charge is 0.360 e. The monoisotopic (exact) mass is 329 g/mol. The van der Waals surface area contributed by atoms with Crippen molar-refractivity contribution in [3.05, 3.63) is 34.0 Å². The standard InChI is InChI=1S/C13H19N3O3S2/c1-4-14-8-12-9(2)5-13(20-12)21(17,18)15-7-11-6-10(3)16-19-11/h5-6,14-15H,4,7-8H2,1-3H3. The maximum Gasteiger partial charge on any atom is 0.250 e. The second kappa shape index (κ2) is 6.69. The Morgan fingerprint density at radius 3 is 2.67 bits per heavy atom. The normalized spacial score (nSPS) is 12.0. The van der Waals surface area contributed by atoms with Crippen molar-refractivity contribution in [2.24, 2.45) is 0 Å². The highest BCUT2D eigenvalue weighted by atomic mass is 32.2. The zero-order valence-electron chi connectivity index (χ0n) is 12.3. The Morgan fingerprint density at radius 1 is 1.29 bits per heavy atom. The van der Waals surface area contributed by atoms with E-state index in [9.17, 15) is 8.42 Å². The van der Waals surface area contributed by atoms with Crippen molar-refractivity contribution in [3.8, 4) is 0 Å². The van der Waals surface area contributed by atoms with Crippen LogP contribution < -0.4 is 10.0 Å². The molecule has 0 fully saturated rings. The van der Waals surface area contributed by atoms with E-state index >= 15 is 0 Å². The van der Waals surface area contributed by atoms with Crippen molar-refractivity contribution in [1.29, 1.82) is 0 Å². The summed E-state index contributed by atoms with van der Waals surface area (Å²) < 4.78 is 32.4. The Bertz CT molecular complexity index is 704. The molecular weight excluding hydrogens is 310 g/mol. The van der Waals surface area contributed by atoms with Crippen LogP contribution in [0.2, 0.25) is 0 Å². The van der Waals surface area contributed by atoms with Crippen LogP contribution in [0.1, 0.15) is 28.8 Å². The van der Waals surface area contributed by atoms with Crippen LogP contribution in [0.15, 0.2) is 20.9 Å². The van der Waals surface area contributed by atoms with E-state index in [2.05, 4.69) is 15.2 Å². The minimum Gasteiger partial charge on any atom is -0.360 e. The minimum atomic E-state index is -3.52. The smallest absolute Gasteiger partial charge is 0.250 e. The van der Waals surface area contributed by atoms with Crippen molar-refractivity contribution in [1.82, 2.24) is 15.2 Å². The van der Waals surface area contributed by atoms with E-state index in [-0.39, 0.29) is 6.54 Å². The quantitative estimate of drug-likeness (QED) is 0.811. The molecule has 21 heavy (non-hydrogen) atoms. The van der Waals surface area contributed by atoms with Gasteiger partial charge in [0.05, 0.1) is 12.2 Å². The van der Waals surface area contributed by atoms with Gasteiger partial charge in [0.2, 0.25) is 10.0 Å². The van der Waals surface area contributed by atoms with Crippen LogP contribution in [0.25, 0.3) is 0 Å². The lowest BCUT2D eigenvalue weighted by Crippen LogP contribution is -2.22. The molecule has 6 nitrogen and oxygen atoms in total. The second-order valence-corrected chi connectivity index (χ2v) is 7.84. The number of hydrogen-bond donors (Lipinski definition) is 2. The number of aryl methyl sites for hydroxylation is 2. The number of sulfonamides is 1. The molecule has 2 heterocycles.